The fourth-order valence-electron chi connectivity index (χ4n) is 3.68. The van der Waals surface area contributed by atoms with Crippen LogP contribution >= 0.6 is 23.2 Å². The van der Waals surface area contributed by atoms with Gasteiger partial charge in [0.15, 0.2) is 0 Å². The molecule has 0 saturated carbocycles. The van der Waals surface area contributed by atoms with E-state index in [-0.39, 0.29) is 35.7 Å². The van der Waals surface area contributed by atoms with Crippen molar-refractivity contribution in [3.05, 3.63) is 137 Å². The van der Waals surface area contributed by atoms with E-state index in [1.807, 2.05) is 0 Å². The van der Waals surface area contributed by atoms with E-state index in [0.717, 1.165) is 11.1 Å². The topological polar surface area (TPSA) is 122 Å². The van der Waals surface area contributed by atoms with Gasteiger partial charge in [0.2, 0.25) is 0 Å². The van der Waals surface area contributed by atoms with Gasteiger partial charge < -0.3 is 9.47 Å². The SMILES string of the molecule is O=C(Oc1ccc([N+](=O)[O-])cc1Cc1ccc(Cl)cc1)Oc1ccc([N+](=O)[O-])cc1Cc1ccc(Cl)cc1. The van der Waals surface area contributed by atoms with Gasteiger partial charge in [0.05, 0.1) is 9.85 Å². The van der Waals surface area contributed by atoms with Crippen molar-refractivity contribution < 1.29 is 24.1 Å². The minimum Gasteiger partial charge on any atom is -0.394 e. The number of benzene rings is 4. The van der Waals surface area contributed by atoms with Gasteiger partial charge in [-0.2, -0.15) is 0 Å². The minimum absolute atomic E-state index is 0.0664. The number of hydrogen-bond acceptors (Lipinski definition) is 7. The fourth-order valence-corrected chi connectivity index (χ4v) is 3.93. The molecule has 0 unspecified atom stereocenters. The number of carbonyl (C=O) groups is 1. The van der Waals surface area contributed by atoms with E-state index < -0.39 is 16.0 Å². The number of nitro benzene ring substituents is 2. The predicted octanol–water partition coefficient (Wildman–Crippen LogP) is 7.57. The molecule has 0 atom stereocenters. The van der Waals surface area contributed by atoms with Crippen molar-refractivity contribution in [2.24, 2.45) is 0 Å². The lowest BCUT2D eigenvalue weighted by Crippen LogP contribution is -2.16. The molecule has 0 aliphatic carbocycles. The van der Waals surface area contributed by atoms with E-state index >= 15 is 0 Å². The molecule has 0 bridgehead atoms. The van der Waals surface area contributed by atoms with Crippen molar-refractivity contribution in [2.75, 3.05) is 0 Å². The lowest BCUT2D eigenvalue weighted by atomic mass is 10.0. The third kappa shape index (κ3) is 6.84. The first-order valence-corrected chi connectivity index (χ1v) is 11.9. The average Bonchev–Trinajstić information content (AvgIpc) is 2.88. The second-order valence-corrected chi connectivity index (χ2v) is 9.03. The normalized spacial score (nSPS) is 10.6. The molecule has 192 valence electrons. The van der Waals surface area contributed by atoms with Gasteiger partial charge in [0.1, 0.15) is 11.5 Å². The van der Waals surface area contributed by atoms with Crippen LogP contribution in [0.5, 0.6) is 11.5 Å². The Bertz CT molecular complexity index is 1390. The molecule has 4 aromatic rings. The molecule has 11 heteroatoms. The van der Waals surface area contributed by atoms with E-state index in [0.29, 0.717) is 21.2 Å². The highest BCUT2D eigenvalue weighted by atomic mass is 35.5. The number of nitrogens with zero attached hydrogens (tertiary/aromatic N) is 2. The molecule has 0 aliphatic rings. The zero-order valence-corrected chi connectivity index (χ0v) is 21.0. The number of rotatable bonds is 8. The number of halogens is 2. The van der Waals surface area contributed by atoms with Crippen LogP contribution < -0.4 is 9.47 Å². The van der Waals surface area contributed by atoms with E-state index in [1.165, 1.54) is 36.4 Å². The van der Waals surface area contributed by atoms with Gasteiger partial charge in [0, 0.05) is 58.3 Å². The number of carbonyl (C=O) groups excluding carboxylic acids is 1. The third-order valence-corrected chi connectivity index (χ3v) is 6.02. The summed E-state index contributed by atoms with van der Waals surface area (Å²) >= 11 is 11.9. The van der Waals surface area contributed by atoms with E-state index in [1.54, 1.807) is 48.5 Å². The number of ether oxygens (including phenoxy) is 2. The summed E-state index contributed by atoms with van der Waals surface area (Å²) in [5.41, 5.74) is 1.99. The van der Waals surface area contributed by atoms with Crippen molar-refractivity contribution in [1.29, 1.82) is 0 Å². The molecule has 0 radical (unpaired) electrons. The summed E-state index contributed by atoms with van der Waals surface area (Å²) in [6, 6.07) is 21.4. The molecule has 0 spiro atoms. The molecule has 38 heavy (non-hydrogen) atoms. The Labute approximate surface area is 226 Å². The monoisotopic (exact) mass is 552 g/mol. The molecule has 0 amide bonds. The summed E-state index contributed by atoms with van der Waals surface area (Å²) in [6.07, 6.45) is -0.663. The Kier molecular flexibility index (Phi) is 8.20. The summed E-state index contributed by atoms with van der Waals surface area (Å²) in [5.74, 6) is 0.133. The Morgan fingerprint density at radius 1 is 0.632 bits per heavy atom. The molecule has 4 aromatic carbocycles. The molecule has 0 N–H and O–H groups in total. The second kappa shape index (κ2) is 11.7. The lowest BCUT2D eigenvalue weighted by Gasteiger charge is -2.13. The van der Waals surface area contributed by atoms with Crippen LogP contribution in [-0.2, 0) is 12.8 Å². The van der Waals surface area contributed by atoms with Crippen molar-refractivity contribution in [2.45, 2.75) is 12.8 Å². The number of hydrogen-bond donors (Lipinski definition) is 0. The van der Waals surface area contributed by atoms with E-state index in [2.05, 4.69) is 0 Å². The Hall–Kier alpha value is -4.47. The molecule has 0 saturated heterocycles. The highest BCUT2D eigenvalue weighted by Crippen LogP contribution is 2.30. The Morgan fingerprint density at radius 3 is 1.34 bits per heavy atom. The molecule has 0 heterocycles. The van der Waals surface area contributed by atoms with Crippen molar-refractivity contribution in [3.8, 4) is 11.5 Å². The van der Waals surface area contributed by atoms with Crippen molar-refractivity contribution in [3.63, 3.8) is 0 Å². The van der Waals surface area contributed by atoms with Crippen LogP contribution in [0.25, 0.3) is 0 Å². The van der Waals surface area contributed by atoms with Crippen LogP contribution in [0.2, 0.25) is 10.0 Å². The Morgan fingerprint density at radius 2 is 1.00 bits per heavy atom. The maximum atomic E-state index is 12.8. The fraction of sp³-hybridized carbons (Fsp3) is 0.0741. The zero-order chi connectivity index (χ0) is 27.2. The van der Waals surface area contributed by atoms with E-state index in [9.17, 15) is 25.0 Å². The number of nitro groups is 2. The molecule has 4 rings (SSSR count). The lowest BCUT2D eigenvalue weighted by molar-refractivity contribution is -0.385. The highest BCUT2D eigenvalue weighted by molar-refractivity contribution is 6.30. The maximum absolute atomic E-state index is 12.8. The van der Waals surface area contributed by atoms with Crippen molar-refractivity contribution in [1.82, 2.24) is 0 Å². The van der Waals surface area contributed by atoms with Crippen LogP contribution in [0, 0.1) is 20.2 Å². The zero-order valence-electron chi connectivity index (χ0n) is 19.5. The van der Waals surface area contributed by atoms with Crippen molar-refractivity contribution >= 4 is 40.7 Å². The largest absolute Gasteiger partial charge is 0.519 e. The molecule has 9 nitrogen and oxygen atoms in total. The summed E-state index contributed by atoms with van der Waals surface area (Å²) < 4.78 is 10.8. The van der Waals surface area contributed by atoms with Gasteiger partial charge >= 0.3 is 6.16 Å². The maximum Gasteiger partial charge on any atom is 0.519 e. The molecule has 0 aliphatic heterocycles. The molecular formula is C27H18Cl2N2O7. The second-order valence-electron chi connectivity index (χ2n) is 8.16. The smallest absolute Gasteiger partial charge is 0.394 e. The first kappa shape index (κ1) is 26.6. The number of non-ortho nitro benzene ring substituents is 2. The van der Waals surface area contributed by atoms with Crippen LogP contribution in [0.1, 0.15) is 22.3 Å². The first-order chi connectivity index (χ1) is 18.2. The molecule has 0 fully saturated rings. The average molecular weight is 553 g/mol. The predicted molar refractivity (Wildman–Crippen MR) is 141 cm³/mol. The quantitative estimate of drug-likeness (QED) is 0.0955. The van der Waals surface area contributed by atoms with E-state index in [4.69, 9.17) is 32.7 Å². The highest BCUT2D eigenvalue weighted by Gasteiger charge is 2.19. The summed E-state index contributed by atoms with van der Waals surface area (Å²) in [5, 5.41) is 23.7. The van der Waals surface area contributed by atoms with Gasteiger partial charge in [-0.15, -0.1) is 0 Å². The van der Waals surface area contributed by atoms with Crippen LogP contribution in [0.3, 0.4) is 0 Å². The molecular weight excluding hydrogens is 535 g/mol. The first-order valence-electron chi connectivity index (χ1n) is 11.1. The van der Waals surface area contributed by atoms with Crippen LogP contribution in [-0.4, -0.2) is 16.0 Å². The van der Waals surface area contributed by atoms with Gasteiger partial charge in [-0.05, 0) is 47.5 Å². The summed E-state index contributed by atoms with van der Waals surface area (Å²) in [6.45, 7) is 0. The van der Waals surface area contributed by atoms with Gasteiger partial charge in [-0.3, -0.25) is 20.2 Å². The van der Waals surface area contributed by atoms with Gasteiger partial charge in [-0.1, -0.05) is 47.5 Å². The minimum atomic E-state index is -1.11. The van der Waals surface area contributed by atoms with Crippen LogP contribution in [0.15, 0.2) is 84.9 Å². The van der Waals surface area contributed by atoms with Gasteiger partial charge in [-0.25, -0.2) is 4.79 Å². The third-order valence-electron chi connectivity index (χ3n) is 5.51. The summed E-state index contributed by atoms with van der Waals surface area (Å²) in [4.78, 5) is 34.3. The Balaban J connectivity index is 1.59. The standard InChI is InChI=1S/C27H18Cl2N2O7/c28-21-5-1-17(2-6-21)13-19-15-23(30(33)34)9-11-25(19)37-27(32)38-26-12-10-24(31(35)36)16-20(26)14-18-3-7-22(29)8-4-18/h1-12,15-16H,13-14H2. The van der Waals surface area contributed by atoms with Gasteiger partial charge in [0.25, 0.3) is 11.4 Å². The molecule has 0 aromatic heterocycles. The van der Waals surface area contributed by atoms with Crippen LogP contribution in [0.4, 0.5) is 16.2 Å². The summed E-state index contributed by atoms with van der Waals surface area (Å²) in [7, 11) is 0.